The first-order valence-corrected chi connectivity index (χ1v) is 6.56. The third kappa shape index (κ3) is 5.23. The molecule has 0 atom stereocenters. The lowest BCUT2D eigenvalue weighted by molar-refractivity contribution is -0.120. The first kappa shape index (κ1) is 16.5. The molecule has 0 saturated carbocycles. The number of carbonyl (C=O) groups excluding carboxylic acids is 1. The molecule has 20 heavy (non-hydrogen) atoms. The van der Waals surface area contributed by atoms with Gasteiger partial charge in [0.1, 0.15) is 5.75 Å². The Kier molecular flexibility index (Phi) is 7.12. The maximum atomic E-state index is 11.9. The van der Waals surface area contributed by atoms with E-state index in [9.17, 15) is 4.79 Å². The van der Waals surface area contributed by atoms with Crippen LogP contribution in [-0.4, -0.2) is 32.7 Å². The maximum Gasteiger partial charge on any atom is 0.224 e. The lowest BCUT2D eigenvalue weighted by Gasteiger charge is -2.14. The molecule has 110 valence electrons. The number of hydrogen-bond donors (Lipinski definition) is 2. The van der Waals surface area contributed by atoms with Gasteiger partial charge in [-0.25, -0.2) is 0 Å². The Morgan fingerprint density at radius 1 is 1.45 bits per heavy atom. The average Bonchev–Trinajstić information content (AvgIpc) is 2.46. The molecule has 0 spiro atoms. The molecular weight excluding hydrogens is 276 g/mol. The molecule has 2 N–H and O–H groups in total. The lowest BCUT2D eigenvalue weighted by atomic mass is 10.1. The standard InChI is InChI=1S/C15H20N2O2.ClH/c1-19-14-4-2-3-13(9-14)10-15(18)17-11-12-5-7-16-8-6-12;/h2-5,9,16H,6-8,10-11H2,1H3,(H,17,18);1H. The predicted octanol–water partition coefficient (Wildman–Crippen LogP) is 1.70. The second kappa shape index (κ2) is 8.61. The van der Waals surface area contributed by atoms with E-state index in [1.807, 2.05) is 24.3 Å². The van der Waals surface area contributed by atoms with Crippen LogP contribution in [0.4, 0.5) is 0 Å². The zero-order chi connectivity index (χ0) is 13.5. The summed E-state index contributed by atoms with van der Waals surface area (Å²) in [6, 6.07) is 7.60. The molecule has 1 heterocycles. The highest BCUT2D eigenvalue weighted by Gasteiger charge is 2.07. The van der Waals surface area contributed by atoms with Crippen LogP contribution in [0, 0.1) is 0 Å². The van der Waals surface area contributed by atoms with Gasteiger partial charge in [0.2, 0.25) is 5.91 Å². The van der Waals surface area contributed by atoms with Gasteiger partial charge < -0.3 is 15.4 Å². The number of halogens is 1. The van der Waals surface area contributed by atoms with Crippen LogP contribution in [0.25, 0.3) is 0 Å². The van der Waals surface area contributed by atoms with Crippen LogP contribution >= 0.6 is 12.4 Å². The largest absolute Gasteiger partial charge is 0.497 e. The number of ether oxygens (including phenoxy) is 1. The van der Waals surface area contributed by atoms with Crippen molar-refractivity contribution in [1.82, 2.24) is 10.6 Å². The van der Waals surface area contributed by atoms with Gasteiger partial charge in [-0.3, -0.25) is 4.79 Å². The topological polar surface area (TPSA) is 50.4 Å². The SMILES string of the molecule is COc1cccc(CC(=O)NCC2=CCNCC2)c1.Cl. The summed E-state index contributed by atoms with van der Waals surface area (Å²) < 4.78 is 5.14. The minimum atomic E-state index is 0. The Balaban J connectivity index is 0.00000200. The molecule has 5 heteroatoms. The molecule has 4 nitrogen and oxygen atoms in total. The Morgan fingerprint density at radius 3 is 3.00 bits per heavy atom. The van der Waals surface area contributed by atoms with Crippen molar-refractivity contribution in [1.29, 1.82) is 0 Å². The van der Waals surface area contributed by atoms with E-state index < -0.39 is 0 Å². The molecule has 0 fully saturated rings. The van der Waals surface area contributed by atoms with E-state index in [1.54, 1.807) is 7.11 Å². The van der Waals surface area contributed by atoms with Crippen LogP contribution in [0.3, 0.4) is 0 Å². The van der Waals surface area contributed by atoms with Crippen molar-refractivity contribution in [3.8, 4) is 5.75 Å². The molecule has 0 aromatic heterocycles. The summed E-state index contributed by atoms with van der Waals surface area (Å²) in [5.74, 6) is 0.832. The van der Waals surface area contributed by atoms with Gasteiger partial charge in [0.05, 0.1) is 13.5 Å². The van der Waals surface area contributed by atoms with Crippen LogP contribution in [0.5, 0.6) is 5.75 Å². The van der Waals surface area contributed by atoms with Crippen LogP contribution in [0.2, 0.25) is 0 Å². The zero-order valence-corrected chi connectivity index (χ0v) is 12.5. The maximum absolute atomic E-state index is 11.9. The molecule has 0 bridgehead atoms. The minimum absolute atomic E-state index is 0. The number of nitrogens with one attached hydrogen (secondary N) is 2. The van der Waals surface area contributed by atoms with Crippen LogP contribution in [0.15, 0.2) is 35.9 Å². The molecule has 0 radical (unpaired) electrons. The fourth-order valence-corrected chi connectivity index (χ4v) is 2.07. The Bertz CT molecular complexity index is 475. The third-order valence-electron chi connectivity index (χ3n) is 3.17. The highest BCUT2D eigenvalue weighted by Crippen LogP contribution is 2.12. The molecule has 1 amide bonds. The van der Waals surface area contributed by atoms with Crippen molar-refractivity contribution in [3.63, 3.8) is 0 Å². The fourth-order valence-electron chi connectivity index (χ4n) is 2.07. The van der Waals surface area contributed by atoms with Crippen LogP contribution in [0.1, 0.15) is 12.0 Å². The van der Waals surface area contributed by atoms with Gasteiger partial charge in [-0.15, -0.1) is 12.4 Å². The summed E-state index contributed by atoms with van der Waals surface area (Å²) in [7, 11) is 1.63. The van der Waals surface area contributed by atoms with Gasteiger partial charge in [-0.1, -0.05) is 23.8 Å². The Morgan fingerprint density at radius 2 is 2.30 bits per heavy atom. The Hall–Kier alpha value is -1.52. The van der Waals surface area contributed by atoms with E-state index in [4.69, 9.17) is 4.74 Å². The van der Waals surface area contributed by atoms with E-state index >= 15 is 0 Å². The molecule has 0 unspecified atom stereocenters. The number of rotatable bonds is 5. The molecule has 1 aromatic carbocycles. The van der Waals surface area contributed by atoms with Crippen molar-refractivity contribution in [3.05, 3.63) is 41.5 Å². The Labute approximate surface area is 126 Å². The number of amides is 1. The molecule has 1 aliphatic heterocycles. The highest BCUT2D eigenvalue weighted by molar-refractivity contribution is 5.85. The lowest BCUT2D eigenvalue weighted by Crippen LogP contribution is -2.30. The average molecular weight is 297 g/mol. The first-order chi connectivity index (χ1) is 9.28. The van der Waals surface area contributed by atoms with Crippen LogP contribution < -0.4 is 15.4 Å². The van der Waals surface area contributed by atoms with Crippen molar-refractivity contribution in [2.45, 2.75) is 12.8 Å². The summed E-state index contributed by atoms with van der Waals surface area (Å²) in [6.45, 7) is 2.56. The van der Waals surface area contributed by atoms with E-state index in [0.717, 1.165) is 30.8 Å². The second-order valence-electron chi connectivity index (χ2n) is 4.62. The summed E-state index contributed by atoms with van der Waals surface area (Å²) >= 11 is 0. The monoisotopic (exact) mass is 296 g/mol. The number of methoxy groups -OCH3 is 1. The molecule has 0 aliphatic carbocycles. The summed E-state index contributed by atoms with van der Waals surface area (Å²) in [6.07, 6.45) is 3.55. The predicted molar refractivity (Wildman–Crippen MR) is 82.5 cm³/mol. The minimum Gasteiger partial charge on any atom is -0.497 e. The number of hydrogen-bond acceptors (Lipinski definition) is 3. The molecule has 1 aliphatic rings. The number of benzene rings is 1. The van der Waals surface area contributed by atoms with Gasteiger partial charge in [0.25, 0.3) is 0 Å². The molecule has 1 aromatic rings. The second-order valence-corrected chi connectivity index (χ2v) is 4.62. The zero-order valence-electron chi connectivity index (χ0n) is 11.6. The summed E-state index contributed by atoms with van der Waals surface area (Å²) in [4.78, 5) is 11.9. The normalized spacial score (nSPS) is 13.9. The van der Waals surface area contributed by atoms with Crippen molar-refractivity contribution in [2.24, 2.45) is 0 Å². The van der Waals surface area contributed by atoms with Crippen molar-refractivity contribution < 1.29 is 9.53 Å². The van der Waals surface area contributed by atoms with Gasteiger partial charge in [-0.05, 0) is 30.7 Å². The molecular formula is C15H21ClN2O2. The smallest absolute Gasteiger partial charge is 0.224 e. The van der Waals surface area contributed by atoms with Gasteiger partial charge >= 0.3 is 0 Å². The number of carbonyl (C=O) groups is 1. The van der Waals surface area contributed by atoms with Crippen molar-refractivity contribution >= 4 is 18.3 Å². The van der Waals surface area contributed by atoms with Crippen LogP contribution in [-0.2, 0) is 11.2 Å². The highest BCUT2D eigenvalue weighted by atomic mass is 35.5. The third-order valence-corrected chi connectivity index (χ3v) is 3.17. The summed E-state index contributed by atoms with van der Waals surface area (Å²) in [5, 5.41) is 6.21. The van der Waals surface area contributed by atoms with Gasteiger partial charge in [0, 0.05) is 13.1 Å². The quantitative estimate of drug-likeness (QED) is 0.813. The van der Waals surface area contributed by atoms with Gasteiger partial charge in [0.15, 0.2) is 0 Å². The van der Waals surface area contributed by atoms with E-state index in [0.29, 0.717) is 13.0 Å². The first-order valence-electron chi connectivity index (χ1n) is 6.56. The summed E-state index contributed by atoms with van der Waals surface area (Å²) in [5.41, 5.74) is 2.27. The van der Waals surface area contributed by atoms with E-state index in [-0.39, 0.29) is 18.3 Å². The van der Waals surface area contributed by atoms with Crippen molar-refractivity contribution in [2.75, 3.05) is 26.7 Å². The molecule has 0 saturated heterocycles. The van der Waals surface area contributed by atoms with E-state index in [1.165, 1.54) is 5.57 Å². The van der Waals surface area contributed by atoms with E-state index in [2.05, 4.69) is 16.7 Å². The van der Waals surface area contributed by atoms with Gasteiger partial charge in [-0.2, -0.15) is 0 Å². The molecule has 2 rings (SSSR count). The fraction of sp³-hybridized carbons (Fsp3) is 0.400.